The second-order valence-electron chi connectivity index (χ2n) is 8.10. The van der Waals surface area contributed by atoms with E-state index in [2.05, 4.69) is 26.6 Å². The van der Waals surface area contributed by atoms with Crippen molar-refractivity contribution in [2.24, 2.45) is 0 Å². The number of urea groups is 1. The SMILES string of the molecule is CC(=O)NC[C@H]1CN(c2ccc(N3CCN(C(=O)Nc4cccc(Br)c4)CC3)c(F)c2)C(=O)O1. The van der Waals surface area contributed by atoms with Crippen LogP contribution in [0.3, 0.4) is 0 Å². The largest absolute Gasteiger partial charge is 0.442 e. The molecule has 0 spiro atoms. The molecule has 2 fully saturated rings. The third-order valence-electron chi connectivity index (χ3n) is 5.68. The van der Waals surface area contributed by atoms with Crippen LogP contribution in [-0.4, -0.2) is 68.3 Å². The van der Waals surface area contributed by atoms with Gasteiger partial charge in [-0.15, -0.1) is 0 Å². The average molecular weight is 534 g/mol. The summed E-state index contributed by atoms with van der Waals surface area (Å²) in [5.74, 6) is -0.668. The molecule has 180 valence electrons. The van der Waals surface area contributed by atoms with Crippen LogP contribution in [0.5, 0.6) is 0 Å². The van der Waals surface area contributed by atoms with Gasteiger partial charge in [0.15, 0.2) is 0 Å². The zero-order valence-corrected chi connectivity index (χ0v) is 20.2. The van der Waals surface area contributed by atoms with Crippen molar-refractivity contribution in [3.05, 3.63) is 52.8 Å². The number of hydrogen-bond acceptors (Lipinski definition) is 5. The zero-order valence-electron chi connectivity index (χ0n) is 18.6. The molecule has 0 radical (unpaired) electrons. The number of anilines is 3. The second kappa shape index (κ2) is 10.3. The summed E-state index contributed by atoms with van der Waals surface area (Å²) in [7, 11) is 0. The molecule has 0 unspecified atom stereocenters. The predicted molar refractivity (Wildman–Crippen MR) is 130 cm³/mol. The van der Waals surface area contributed by atoms with E-state index in [1.54, 1.807) is 17.0 Å². The molecule has 2 saturated heterocycles. The number of hydrogen-bond donors (Lipinski definition) is 2. The van der Waals surface area contributed by atoms with Gasteiger partial charge in [-0.1, -0.05) is 22.0 Å². The molecule has 9 nitrogen and oxygen atoms in total. The predicted octanol–water partition coefficient (Wildman–Crippen LogP) is 3.40. The lowest BCUT2D eigenvalue weighted by atomic mass is 10.2. The summed E-state index contributed by atoms with van der Waals surface area (Å²) in [6, 6.07) is 11.8. The third-order valence-corrected chi connectivity index (χ3v) is 6.17. The Morgan fingerprint density at radius 3 is 2.59 bits per heavy atom. The summed E-state index contributed by atoms with van der Waals surface area (Å²) in [6.45, 7) is 3.67. The Balaban J connectivity index is 1.34. The number of halogens is 2. The van der Waals surface area contributed by atoms with E-state index in [0.29, 0.717) is 43.2 Å². The Kier molecular flexibility index (Phi) is 7.20. The van der Waals surface area contributed by atoms with Crippen LogP contribution in [0.15, 0.2) is 46.9 Å². The minimum Gasteiger partial charge on any atom is -0.442 e. The first-order chi connectivity index (χ1) is 16.3. The first kappa shape index (κ1) is 23.8. The van der Waals surface area contributed by atoms with Crippen molar-refractivity contribution in [3.8, 4) is 0 Å². The lowest BCUT2D eigenvalue weighted by molar-refractivity contribution is -0.119. The van der Waals surface area contributed by atoms with Crippen molar-refractivity contribution in [1.82, 2.24) is 10.2 Å². The molecule has 2 heterocycles. The van der Waals surface area contributed by atoms with Crippen LogP contribution in [0.1, 0.15) is 6.92 Å². The second-order valence-corrected chi connectivity index (χ2v) is 9.02. The molecule has 0 bridgehead atoms. The summed E-state index contributed by atoms with van der Waals surface area (Å²) in [5, 5.41) is 5.48. The molecule has 4 amide bonds. The van der Waals surface area contributed by atoms with Gasteiger partial charge in [0.1, 0.15) is 11.9 Å². The van der Waals surface area contributed by atoms with E-state index >= 15 is 0 Å². The fourth-order valence-electron chi connectivity index (χ4n) is 3.94. The minimum atomic E-state index is -0.576. The van der Waals surface area contributed by atoms with Crippen LogP contribution in [0.2, 0.25) is 0 Å². The minimum absolute atomic E-state index is 0.199. The van der Waals surface area contributed by atoms with Gasteiger partial charge >= 0.3 is 12.1 Å². The van der Waals surface area contributed by atoms with Gasteiger partial charge in [-0.3, -0.25) is 9.69 Å². The highest BCUT2D eigenvalue weighted by atomic mass is 79.9. The zero-order chi connectivity index (χ0) is 24.2. The smallest absolute Gasteiger partial charge is 0.414 e. The lowest BCUT2D eigenvalue weighted by Crippen LogP contribution is -2.50. The number of rotatable bonds is 5. The van der Waals surface area contributed by atoms with Gasteiger partial charge in [0, 0.05) is 43.3 Å². The van der Waals surface area contributed by atoms with Gasteiger partial charge in [0.2, 0.25) is 5.91 Å². The monoisotopic (exact) mass is 533 g/mol. The maximum Gasteiger partial charge on any atom is 0.414 e. The van der Waals surface area contributed by atoms with Crippen molar-refractivity contribution < 1.29 is 23.5 Å². The van der Waals surface area contributed by atoms with Gasteiger partial charge < -0.3 is 25.2 Å². The summed E-state index contributed by atoms with van der Waals surface area (Å²) in [4.78, 5) is 40.7. The molecule has 0 aliphatic carbocycles. The molecule has 0 aromatic heterocycles. The molecule has 2 N–H and O–H groups in total. The molecule has 11 heteroatoms. The number of nitrogens with one attached hydrogen (secondary N) is 2. The van der Waals surface area contributed by atoms with E-state index in [0.717, 1.165) is 4.47 Å². The van der Waals surface area contributed by atoms with Gasteiger partial charge in [-0.2, -0.15) is 0 Å². The third kappa shape index (κ3) is 5.58. The van der Waals surface area contributed by atoms with Crippen molar-refractivity contribution in [3.63, 3.8) is 0 Å². The Labute approximate surface area is 205 Å². The summed E-state index contributed by atoms with van der Waals surface area (Å²) in [5.41, 5.74) is 1.50. The van der Waals surface area contributed by atoms with E-state index in [1.165, 1.54) is 17.9 Å². The summed E-state index contributed by atoms with van der Waals surface area (Å²) < 4.78 is 21.1. The van der Waals surface area contributed by atoms with E-state index < -0.39 is 18.0 Å². The molecule has 2 aliphatic rings. The first-order valence-corrected chi connectivity index (χ1v) is 11.7. The fourth-order valence-corrected chi connectivity index (χ4v) is 4.33. The fraction of sp³-hybridized carbons (Fsp3) is 0.348. The number of piperazine rings is 1. The quantitative estimate of drug-likeness (QED) is 0.614. The van der Waals surface area contributed by atoms with Gasteiger partial charge in [0.25, 0.3) is 0 Å². The molecule has 4 rings (SSSR count). The van der Waals surface area contributed by atoms with E-state index in [-0.39, 0.29) is 25.0 Å². The summed E-state index contributed by atoms with van der Waals surface area (Å²) >= 11 is 3.38. The molecule has 0 saturated carbocycles. The number of ether oxygens (including phenoxy) is 1. The van der Waals surface area contributed by atoms with Crippen LogP contribution in [-0.2, 0) is 9.53 Å². The van der Waals surface area contributed by atoms with Crippen LogP contribution >= 0.6 is 15.9 Å². The molecule has 1 atom stereocenters. The number of benzene rings is 2. The van der Waals surface area contributed by atoms with Crippen LogP contribution in [0.4, 0.5) is 31.0 Å². The molecule has 34 heavy (non-hydrogen) atoms. The van der Waals surface area contributed by atoms with Crippen molar-refractivity contribution in [1.29, 1.82) is 0 Å². The number of carbonyl (C=O) groups excluding carboxylic acids is 3. The molecular formula is C23H25BrFN5O4. The number of carbonyl (C=O) groups is 3. The van der Waals surface area contributed by atoms with Crippen molar-refractivity contribution in [2.75, 3.05) is 54.4 Å². The van der Waals surface area contributed by atoms with Crippen molar-refractivity contribution in [2.45, 2.75) is 13.0 Å². The Morgan fingerprint density at radius 2 is 1.91 bits per heavy atom. The lowest BCUT2D eigenvalue weighted by Gasteiger charge is -2.36. The van der Waals surface area contributed by atoms with Crippen LogP contribution < -0.4 is 20.4 Å². The molecular weight excluding hydrogens is 509 g/mol. The Bertz CT molecular complexity index is 1090. The van der Waals surface area contributed by atoms with Gasteiger partial charge in [-0.25, -0.2) is 14.0 Å². The average Bonchev–Trinajstić information content (AvgIpc) is 3.18. The number of amides is 4. The summed E-state index contributed by atoms with van der Waals surface area (Å²) in [6.07, 6.45) is -1.07. The number of nitrogens with zero attached hydrogens (tertiary/aromatic N) is 3. The highest BCUT2D eigenvalue weighted by molar-refractivity contribution is 9.10. The standard InChI is InChI=1S/C23H25BrFN5O4/c1-15(31)26-13-19-14-30(23(33)34-19)18-5-6-21(20(25)12-18)28-7-9-29(10-8-28)22(32)27-17-4-2-3-16(24)11-17/h2-6,11-12,19H,7-10,13-14H2,1H3,(H,26,31)(H,27,32)/t19-/m0/s1. The van der Waals surface area contributed by atoms with Crippen LogP contribution in [0.25, 0.3) is 0 Å². The maximum atomic E-state index is 15.0. The topological polar surface area (TPSA) is 94.2 Å². The normalized spacial score (nSPS) is 18.0. The van der Waals surface area contributed by atoms with E-state index in [9.17, 15) is 18.8 Å². The van der Waals surface area contributed by atoms with Crippen molar-refractivity contribution >= 4 is 51.0 Å². The highest BCUT2D eigenvalue weighted by Gasteiger charge is 2.33. The molecule has 2 aromatic carbocycles. The maximum absolute atomic E-state index is 15.0. The first-order valence-electron chi connectivity index (χ1n) is 10.9. The van der Waals surface area contributed by atoms with Crippen LogP contribution in [0, 0.1) is 5.82 Å². The van der Waals surface area contributed by atoms with E-state index in [1.807, 2.05) is 29.2 Å². The molecule has 2 aliphatic heterocycles. The van der Waals surface area contributed by atoms with E-state index in [4.69, 9.17) is 4.74 Å². The van der Waals surface area contributed by atoms with Gasteiger partial charge in [0.05, 0.1) is 24.5 Å². The Hall–Kier alpha value is -3.34. The number of cyclic esters (lactones) is 1. The molecule has 2 aromatic rings. The Morgan fingerprint density at radius 1 is 1.15 bits per heavy atom. The van der Waals surface area contributed by atoms with Gasteiger partial charge in [-0.05, 0) is 36.4 Å². The highest BCUT2D eigenvalue weighted by Crippen LogP contribution is 2.28.